The topological polar surface area (TPSA) is 340 Å². The van der Waals surface area contributed by atoms with Crippen molar-refractivity contribution in [1.29, 1.82) is 0 Å². The second-order valence-electron chi connectivity index (χ2n) is 32.9. The summed E-state index contributed by atoms with van der Waals surface area (Å²) in [5.41, 5.74) is 2.84. The second kappa shape index (κ2) is 36.8. The first kappa shape index (κ1) is 92.7. The fourth-order valence-electron chi connectivity index (χ4n) is 18.9. The van der Waals surface area contributed by atoms with Crippen molar-refractivity contribution in [2.45, 2.75) is 181 Å². The number of carboxylic acid groups (broad SMARTS) is 3. The number of rotatable bonds is 16. The molecule has 639 valence electrons. The van der Waals surface area contributed by atoms with E-state index in [1.165, 1.54) is 48.8 Å². The summed E-state index contributed by atoms with van der Waals surface area (Å²) in [4.78, 5) is 75.3. The van der Waals surface area contributed by atoms with Gasteiger partial charge in [-0.05, 0) is 245 Å². The normalized spacial score (nSPS) is 23.4. The van der Waals surface area contributed by atoms with Crippen LogP contribution in [0.25, 0.3) is 55.9 Å². The van der Waals surface area contributed by atoms with Crippen LogP contribution < -0.4 is 5.46 Å². The number of aromatic amines is 1. The van der Waals surface area contributed by atoms with E-state index in [-0.39, 0.29) is 187 Å². The van der Waals surface area contributed by atoms with Crippen molar-refractivity contribution in [2.75, 3.05) is 0 Å². The van der Waals surface area contributed by atoms with E-state index >= 15 is 0 Å². The average molecular weight is 1800 g/mol. The molecule has 0 amide bonds. The number of benzene rings is 2. The molecule has 121 heavy (non-hydrogen) atoms. The number of hydrogen-bond donors (Lipinski definition) is 4. The minimum Gasteiger partial charge on any atom is -0.481 e. The second-order valence-corrected chi connectivity index (χ2v) is 36.8. The molecule has 10 fully saturated rings. The summed E-state index contributed by atoms with van der Waals surface area (Å²) in [6.07, 6.45) is 22.7. The van der Waals surface area contributed by atoms with Crippen LogP contribution in [0.5, 0.6) is 0 Å². The summed E-state index contributed by atoms with van der Waals surface area (Å²) in [7, 11) is -8.90. The Hall–Kier alpha value is -8.98. The SMILES string of the molecule is C.C.C.Cc1ccc(S(=O)(=O)n2cc(-c3ncc(F)c(CC4C5CCC(CC5)[C@@H]4C(=O)O)n3)c3cc(F)cnc32)cc1.Cc1ccc(S(=O)(=O)n2cc(B3OC(C)(C)C(C)(C)O3)c3cc(F)cnc32)cc1.O=C(O)[C@H]1C2CCC(CC2)C1Cc1nc(-c2c[nH]c3ncc(F)cc23)ncc1F.O=C(O)[C@H]1C2CCC(CC2)C1Cc1nc(Cl)ncc1F.[Y]. The molecule has 10 heterocycles. The average Bonchev–Trinajstić information content (AvgIpc) is 1.61. The van der Waals surface area contributed by atoms with Gasteiger partial charge in [0.05, 0.1) is 93.0 Å². The summed E-state index contributed by atoms with van der Waals surface area (Å²) in [6.45, 7) is 11.3. The standard InChI is InChI=1S/C28H26F2N4O4S.C21H20F2N4O2.C20H22BFN2O4S.C14H16ClFN2O2.3CH4.Y/c1-15-2-8-19(9-3-15)39(37,38)34-14-22(21-10-18(29)12-32-27(21)34)26-31-13-23(30)24(33-26)11-20-16-4-6-17(7-5-16)25(20)28(35)36;22-12-5-14-15(8-25-19(14)24-7-12)20-26-9-16(23)17(27-20)6-13-10-1-3-11(4-2-10)18(13)21(28)29;1-13-6-8-15(9-7-13)29(25,26)24-12-17(16-10-14(22)11-23-18(16)24)21-27-19(2,3)20(4,5)28-21;15-14-17-6-10(16)11(18-14)5-9-7-1-3-8(4-2-7)12(9)13(19)20;;;;/h2-3,8-10,12-14,16-17,20,25H,4-7,11H2,1H3,(H,35,36);5,7-11,13,18H,1-4,6H2,(H,24,25)(H,28,29);6-12H,1-5H3;6-9,12H,1-5H2,(H,19,20);3*1H4;/t16?,17?,20?,25-;10?,11?,13?,18-;;7?,8?,9?,12-;;;;/m00.0..../s1. The first-order valence-electron chi connectivity index (χ1n) is 39.0. The molecule has 6 atom stereocenters. The van der Waals surface area contributed by atoms with Gasteiger partial charge in [-0.2, -0.15) is 0 Å². The molecule has 1 radical (unpaired) electrons. The van der Waals surface area contributed by atoms with Gasteiger partial charge in [-0.15, -0.1) is 0 Å². The third-order valence-electron chi connectivity index (χ3n) is 25.6. The van der Waals surface area contributed by atoms with Gasteiger partial charge in [0.15, 0.2) is 40.4 Å². The van der Waals surface area contributed by atoms with Crippen molar-refractivity contribution in [3.63, 3.8) is 0 Å². The van der Waals surface area contributed by atoms with Crippen LogP contribution in [-0.4, -0.2) is 126 Å². The fourth-order valence-corrected chi connectivity index (χ4v) is 21.8. The van der Waals surface area contributed by atoms with E-state index in [4.69, 9.17) is 20.9 Å². The van der Waals surface area contributed by atoms with Gasteiger partial charge in [-0.3, -0.25) is 14.4 Å². The van der Waals surface area contributed by atoms with Crippen LogP contribution in [-0.2, 0) is 95.7 Å². The Bertz CT molecular complexity index is 5900. The molecule has 1 aliphatic heterocycles. The van der Waals surface area contributed by atoms with Gasteiger partial charge in [0, 0.05) is 84.0 Å². The summed E-state index contributed by atoms with van der Waals surface area (Å²) < 4.78 is 153. The van der Waals surface area contributed by atoms with Crippen molar-refractivity contribution >= 4 is 95.2 Å². The van der Waals surface area contributed by atoms with Crippen LogP contribution in [0, 0.1) is 120 Å². The number of H-pyrrole nitrogens is 1. The Morgan fingerprint density at radius 3 is 1.24 bits per heavy atom. The maximum atomic E-state index is 15.0. The third-order valence-corrected chi connectivity index (χ3v) is 29.1. The van der Waals surface area contributed by atoms with Crippen LogP contribution in [0.1, 0.15) is 155 Å². The molecule has 6 bridgehead atoms. The smallest absolute Gasteiger partial charge is 0.481 e. The molecular weight excluding hydrogens is 1710 g/mol. The molecule has 35 heteroatoms. The maximum absolute atomic E-state index is 15.0. The number of aryl methyl sites for hydroxylation is 2. The van der Waals surface area contributed by atoms with Gasteiger partial charge >= 0.3 is 25.0 Å². The molecule has 9 aromatic heterocycles. The zero-order chi connectivity index (χ0) is 83.1. The molecule has 2 aromatic carbocycles. The van der Waals surface area contributed by atoms with Crippen LogP contribution in [0.3, 0.4) is 0 Å². The Labute approximate surface area is 728 Å². The summed E-state index contributed by atoms with van der Waals surface area (Å²) >= 11 is 5.71. The first-order valence-corrected chi connectivity index (χ1v) is 42.2. The number of carboxylic acids is 3. The van der Waals surface area contributed by atoms with E-state index < -0.39 is 103 Å². The molecule has 9 aliphatic carbocycles. The van der Waals surface area contributed by atoms with E-state index in [0.29, 0.717) is 39.8 Å². The number of carbonyl (C=O) groups is 3. The number of aliphatic carboxylic acids is 3. The number of hydrogen-bond acceptors (Lipinski definition) is 18. The Balaban J connectivity index is 0.000000159. The van der Waals surface area contributed by atoms with Crippen LogP contribution in [0.4, 0.5) is 26.3 Å². The third kappa shape index (κ3) is 18.5. The Kier molecular flexibility index (Phi) is 28.2. The Morgan fingerprint density at radius 1 is 0.479 bits per heavy atom. The zero-order valence-electron chi connectivity index (χ0n) is 65.1. The van der Waals surface area contributed by atoms with Gasteiger partial charge in [-0.1, -0.05) is 57.7 Å². The molecule has 21 rings (SSSR count). The molecule has 0 spiro atoms. The predicted molar refractivity (Wildman–Crippen MR) is 439 cm³/mol. The number of nitrogens with zero attached hydrogens (tertiary/aromatic N) is 11. The van der Waals surface area contributed by atoms with Gasteiger partial charge in [0.25, 0.3) is 20.0 Å². The molecule has 4 N–H and O–H groups in total. The summed E-state index contributed by atoms with van der Waals surface area (Å²) in [6, 6.07) is 16.5. The summed E-state index contributed by atoms with van der Waals surface area (Å²) in [5.74, 6) is -6.12. The van der Waals surface area contributed by atoms with E-state index in [0.717, 1.165) is 139 Å². The van der Waals surface area contributed by atoms with E-state index in [1.807, 2.05) is 41.5 Å². The van der Waals surface area contributed by atoms with Gasteiger partial charge in [0.1, 0.15) is 23.1 Å². The van der Waals surface area contributed by atoms with Crippen molar-refractivity contribution in [2.24, 2.45) is 71.0 Å². The molecular formula is C86H96BClF6N12O12S2Y. The van der Waals surface area contributed by atoms with Crippen LogP contribution in [0.2, 0.25) is 5.28 Å². The van der Waals surface area contributed by atoms with Crippen molar-refractivity contribution < 1.29 is 115 Å². The zero-order valence-corrected chi connectivity index (χ0v) is 70.4. The van der Waals surface area contributed by atoms with Gasteiger partial charge in [0.2, 0.25) is 5.28 Å². The number of aromatic nitrogens is 12. The van der Waals surface area contributed by atoms with E-state index in [2.05, 4.69) is 49.8 Å². The van der Waals surface area contributed by atoms with Crippen molar-refractivity contribution in [3.8, 4) is 22.8 Å². The van der Waals surface area contributed by atoms with Crippen LogP contribution >= 0.6 is 11.6 Å². The monoisotopic (exact) mass is 1800 g/mol. The molecule has 11 aromatic rings. The molecule has 10 aliphatic rings. The largest absolute Gasteiger partial charge is 0.497 e. The molecule has 9 saturated carbocycles. The van der Waals surface area contributed by atoms with Gasteiger partial charge < -0.3 is 29.6 Å². The first-order chi connectivity index (χ1) is 55.6. The minimum absolute atomic E-state index is 0. The Morgan fingerprint density at radius 2 is 0.826 bits per heavy atom. The number of halogens is 7. The molecule has 1 saturated heterocycles. The summed E-state index contributed by atoms with van der Waals surface area (Å²) in [5, 5.41) is 30.2. The number of pyridine rings is 3. The predicted octanol–water partition coefficient (Wildman–Crippen LogP) is 16.8. The van der Waals surface area contributed by atoms with E-state index in [1.54, 1.807) is 30.5 Å². The number of fused-ring (bicyclic) bond motifs is 12. The minimum atomic E-state index is -4.11. The quantitative estimate of drug-likeness (QED) is 0.0396. The van der Waals surface area contributed by atoms with Crippen molar-refractivity contribution in [1.82, 2.24) is 57.8 Å². The van der Waals surface area contributed by atoms with Gasteiger partial charge in [-0.25, -0.2) is 96.0 Å². The molecule has 24 nitrogen and oxygen atoms in total. The fraction of sp³-hybridized carbons (Fsp3) is 0.442. The molecule has 3 unspecified atom stereocenters. The van der Waals surface area contributed by atoms with Crippen LogP contribution in [0.15, 0.2) is 132 Å². The number of nitrogens with one attached hydrogen (secondary N) is 1. The van der Waals surface area contributed by atoms with Crippen molar-refractivity contribution in [3.05, 3.63) is 191 Å². The maximum Gasteiger partial charge on any atom is 0.497 e. The van der Waals surface area contributed by atoms with E-state index in [9.17, 15) is 72.9 Å².